The molecule has 1 aromatic carbocycles. The van der Waals surface area contributed by atoms with E-state index in [2.05, 4.69) is 20.6 Å². The van der Waals surface area contributed by atoms with Gasteiger partial charge in [-0.3, -0.25) is 9.89 Å². The molecule has 42 heavy (non-hydrogen) atoms. The molecule has 226 valence electrons. The number of pyridine rings is 1. The summed E-state index contributed by atoms with van der Waals surface area (Å²) in [4.78, 5) is 29.7. The number of rotatable bonds is 4. The van der Waals surface area contributed by atoms with Crippen LogP contribution in [0.1, 0.15) is 6.42 Å². The van der Waals surface area contributed by atoms with E-state index in [0.29, 0.717) is 28.0 Å². The Morgan fingerprint density at radius 3 is 2.14 bits per heavy atom. The van der Waals surface area contributed by atoms with Gasteiger partial charge in [0.1, 0.15) is 6.17 Å². The van der Waals surface area contributed by atoms with Gasteiger partial charge in [0.2, 0.25) is 5.91 Å². The fraction of sp³-hybridized carbons (Fsp3) is 0.261. The fourth-order valence-corrected chi connectivity index (χ4v) is 3.39. The van der Waals surface area contributed by atoms with E-state index < -0.39 is 42.2 Å². The van der Waals surface area contributed by atoms with Crippen LogP contribution in [0.5, 0.6) is 5.75 Å². The van der Waals surface area contributed by atoms with Crippen molar-refractivity contribution < 1.29 is 64.5 Å². The molecule has 1 aliphatic rings. The van der Waals surface area contributed by atoms with E-state index in [-0.39, 0.29) is 18.1 Å². The van der Waals surface area contributed by atoms with E-state index in [9.17, 15) is 39.9 Å². The van der Waals surface area contributed by atoms with Gasteiger partial charge in [-0.1, -0.05) is 0 Å². The maximum atomic E-state index is 14.4. The van der Waals surface area contributed by atoms with Gasteiger partial charge < -0.3 is 20.3 Å². The minimum Gasteiger partial charge on any atom is -0.493 e. The lowest BCUT2D eigenvalue weighted by atomic mass is 10.0. The monoisotopic (exact) mass is 611 g/mol. The summed E-state index contributed by atoms with van der Waals surface area (Å²) in [6.45, 7) is 0. The van der Waals surface area contributed by atoms with E-state index in [1.807, 2.05) is 6.07 Å². The Morgan fingerprint density at radius 1 is 1.07 bits per heavy atom. The third-order valence-corrected chi connectivity index (χ3v) is 5.39. The Morgan fingerprint density at radius 2 is 1.64 bits per heavy atom. The van der Waals surface area contributed by atoms with Crippen LogP contribution in [0.2, 0.25) is 0 Å². The number of methoxy groups -OCH3 is 1. The Hall–Kier alpha value is -4.97. The third kappa shape index (κ3) is 7.40. The molecule has 0 bridgehead atoms. The predicted molar refractivity (Wildman–Crippen MR) is 126 cm³/mol. The average molecular weight is 611 g/mol. The highest BCUT2D eigenvalue weighted by Gasteiger charge is 2.44. The van der Waals surface area contributed by atoms with Crippen molar-refractivity contribution >= 4 is 40.1 Å². The molecular weight excluding hydrogens is 594 g/mol. The highest BCUT2D eigenvalue weighted by Crippen LogP contribution is 2.39. The maximum Gasteiger partial charge on any atom is 0.490 e. The molecule has 0 saturated heterocycles. The number of halogens is 8. The van der Waals surface area contributed by atoms with E-state index in [1.54, 1.807) is 29.0 Å². The number of aromatic amines is 1. The molecule has 4 aromatic rings. The second-order valence-electron chi connectivity index (χ2n) is 8.37. The highest BCUT2D eigenvalue weighted by molar-refractivity contribution is 5.99. The van der Waals surface area contributed by atoms with Crippen molar-refractivity contribution in [1.29, 1.82) is 0 Å². The van der Waals surface area contributed by atoms with Gasteiger partial charge in [0, 0.05) is 29.3 Å². The number of alkyl halides is 7. The van der Waals surface area contributed by atoms with Gasteiger partial charge >= 0.3 is 24.3 Å². The van der Waals surface area contributed by atoms with Crippen LogP contribution in [0.4, 0.5) is 40.9 Å². The van der Waals surface area contributed by atoms with Crippen molar-refractivity contribution in [3.8, 4) is 16.9 Å². The molecule has 1 saturated carbocycles. The minimum absolute atomic E-state index is 0.119. The molecule has 1 aliphatic carbocycles. The van der Waals surface area contributed by atoms with Gasteiger partial charge in [-0.05, 0) is 24.1 Å². The zero-order valence-corrected chi connectivity index (χ0v) is 20.7. The lowest BCUT2D eigenvalue weighted by Crippen LogP contribution is -2.21. The summed E-state index contributed by atoms with van der Waals surface area (Å²) in [6, 6.07) is 6.59. The number of nitrogens with one attached hydrogen (secondary N) is 2. The summed E-state index contributed by atoms with van der Waals surface area (Å²) in [5, 5.41) is 28.6. The molecule has 11 nitrogen and oxygen atoms in total. The number of fused-ring (bicyclic) bond motifs is 2. The summed E-state index contributed by atoms with van der Waals surface area (Å²) >= 11 is 0. The number of carboxylic acid groups (broad SMARTS) is 2. The summed E-state index contributed by atoms with van der Waals surface area (Å²) in [6.07, 6.45) is -7.67. The summed E-state index contributed by atoms with van der Waals surface area (Å²) in [5.41, 5.74) is 2.51. The SMILES string of the molecule is COc1c(F)cc2[nH]ncc2c1-c1ccn2nc(NC(=O)[C@@H]3C[C@@H]3F)cc2c1.O=C(O)C(F)(F)F.O=C(O)C(F)(F)F. The van der Waals surface area contributed by atoms with Crippen molar-refractivity contribution in [2.45, 2.75) is 24.9 Å². The number of hydrogen-bond donors (Lipinski definition) is 4. The van der Waals surface area contributed by atoms with Crippen molar-refractivity contribution in [2.24, 2.45) is 5.92 Å². The largest absolute Gasteiger partial charge is 0.493 e. The molecule has 0 unspecified atom stereocenters. The van der Waals surface area contributed by atoms with Crippen LogP contribution in [0.3, 0.4) is 0 Å². The van der Waals surface area contributed by atoms with Crippen molar-refractivity contribution in [3.63, 3.8) is 0 Å². The summed E-state index contributed by atoms with van der Waals surface area (Å²) in [5.74, 6) is -6.52. The van der Waals surface area contributed by atoms with Crippen LogP contribution >= 0.6 is 0 Å². The number of hydrogen-bond acceptors (Lipinski definition) is 6. The number of amides is 1. The zero-order chi connectivity index (χ0) is 31.6. The molecule has 19 heteroatoms. The number of benzene rings is 1. The molecule has 0 aliphatic heterocycles. The van der Waals surface area contributed by atoms with Gasteiger partial charge in [-0.15, -0.1) is 0 Å². The molecule has 0 spiro atoms. The Labute approximate surface area is 227 Å². The van der Waals surface area contributed by atoms with E-state index in [1.165, 1.54) is 13.2 Å². The molecule has 1 fully saturated rings. The molecule has 0 radical (unpaired) electrons. The minimum atomic E-state index is -5.08. The predicted octanol–water partition coefficient (Wildman–Crippen LogP) is 4.59. The molecular formula is C23H17F8N5O6. The van der Waals surface area contributed by atoms with Crippen molar-refractivity contribution in [1.82, 2.24) is 19.8 Å². The number of aliphatic carboxylic acids is 2. The fourth-order valence-electron chi connectivity index (χ4n) is 3.39. The van der Waals surface area contributed by atoms with Gasteiger partial charge in [0.25, 0.3) is 0 Å². The number of carbonyl (C=O) groups excluding carboxylic acids is 1. The van der Waals surface area contributed by atoms with E-state index in [4.69, 9.17) is 24.5 Å². The first-order valence-corrected chi connectivity index (χ1v) is 11.2. The molecule has 1 amide bonds. The van der Waals surface area contributed by atoms with Crippen LogP contribution in [0.15, 0.2) is 36.7 Å². The number of nitrogens with zero attached hydrogens (tertiary/aromatic N) is 3. The van der Waals surface area contributed by atoms with Crippen LogP contribution in [0.25, 0.3) is 27.5 Å². The first-order chi connectivity index (χ1) is 19.4. The Balaban J connectivity index is 0.000000289. The van der Waals surface area contributed by atoms with Gasteiger partial charge in [-0.2, -0.15) is 36.5 Å². The molecule has 3 aromatic heterocycles. The standard InChI is InChI=1S/C19H15F2N5O2.2C2HF3O2/c1-28-18-14(21)7-15-12(8-22-24-15)17(18)9-2-3-26-10(4-9)5-16(25-26)23-19(27)11-6-13(11)20;2*3-2(4,5)1(6)7/h2-5,7-8,11,13H,6H2,1H3,(H,22,24)(H,23,25,27);2*(H,6,7)/t11-,13+;;/m1../s1. The zero-order valence-electron chi connectivity index (χ0n) is 20.7. The second kappa shape index (κ2) is 11.9. The second-order valence-corrected chi connectivity index (χ2v) is 8.37. The Bertz CT molecular complexity index is 1610. The highest BCUT2D eigenvalue weighted by atomic mass is 19.4. The van der Waals surface area contributed by atoms with Gasteiger partial charge in [-0.25, -0.2) is 22.9 Å². The van der Waals surface area contributed by atoms with Crippen molar-refractivity contribution in [2.75, 3.05) is 12.4 Å². The maximum absolute atomic E-state index is 14.4. The average Bonchev–Trinajstić information content (AvgIpc) is 3.25. The lowest BCUT2D eigenvalue weighted by molar-refractivity contribution is -0.193. The van der Waals surface area contributed by atoms with Crippen LogP contribution < -0.4 is 10.1 Å². The smallest absolute Gasteiger partial charge is 0.490 e. The summed E-state index contributed by atoms with van der Waals surface area (Å²) < 4.78 is 97.8. The summed E-state index contributed by atoms with van der Waals surface area (Å²) in [7, 11) is 1.41. The number of H-pyrrole nitrogens is 1. The number of carbonyl (C=O) groups is 3. The topological polar surface area (TPSA) is 159 Å². The normalized spacial score (nSPS) is 16.1. The molecule has 5 rings (SSSR count). The quantitative estimate of drug-likeness (QED) is 0.244. The number of carboxylic acids is 2. The molecule has 3 heterocycles. The van der Waals surface area contributed by atoms with Crippen molar-refractivity contribution in [3.05, 3.63) is 42.5 Å². The molecule has 4 N–H and O–H groups in total. The number of aromatic nitrogens is 4. The molecule has 2 atom stereocenters. The first-order valence-electron chi connectivity index (χ1n) is 11.2. The van der Waals surface area contributed by atoms with Crippen LogP contribution in [0, 0.1) is 11.7 Å². The number of ether oxygens (including phenoxy) is 1. The number of anilines is 1. The van der Waals surface area contributed by atoms with Crippen LogP contribution in [-0.4, -0.2) is 73.5 Å². The van der Waals surface area contributed by atoms with Crippen LogP contribution in [-0.2, 0) is 14.4 Å². The van der Waals surface area contributed by atoms with Gasteiger partial charge in [0.05, 0.1) is 30.3 Å². The van der Waals surface area contributed by atoms with E-state index in [0.717, 1.165) is 5.39 Å². The lowest BCUT2D eigenvalue weighted by Gasteiger charge is -2.11. The third-order valence-electron chi connectivity index (χ3n) is 5.39. The Kier molecular flexibility index (Phi) is 8.92. The van der Waals surface area contributed by atoms with Gasteiger partial charge in [0.15, 0.2) is 17.4 Å². The van der Waals surface area contributed by atoms with E-state index >= 15 is 0 Å². The first kappa shape index (κ1) is 31.6.